The number of amides is 3. The molecule has 146 valence electrons. The lowest BCUT2D eigenvalue weighted by Gasteiger charge is -2.08. The number of ether oxygens (including phenoxy) is 1. The van der Waals surface area contributed by atoms with Crippen molar-refractivity contribution in [2.24, 2.45) is 0 Å². The first-order chi connectivity index (χ1) is 13.9. The Kier molecular flexibility index (Phi) is 6.09. The highest BCUT2D eigenvalue weighted by atomic mass is 79.9. The third kappa shape index (κ3) is 5.32. The zero-order valence-electron chi connectivity index (χ0n) is 14.5. The number of anilines is 1. The van der Waals surface area contributed by atoms with Gasteiger partial charge in [-0.1, -0.05) is 12.1 Å². The van der Waals surface area contributed by atoms with Crippen LogP contribution in [-0.4, -0.2) is 26.8 Å². The summed E-state index contributed by atoms with van der Waals surface area (Å²) >= 11 is 3.22. The van der Waals surface area contributed by atoms with E-state index in [0.717, 1.165) is 0 Å². The van der Waals surface area contributed by atoms with E-state index < -0.39 is 22.5 Å². The van der Waals surface area contributed by atoms with Gasteiger partial charge in [-0.3, -0.25) is 20.2 Å². The van der Waals surface area contributed by atoms with Crippen molar-refractivity contribution < 1.29 is 19.2 Å². The molecule has 0 fully saturated rings. The van der Waals surface area contributed by atoms with Crippen molar-refractivity contribution in [3.8, 4) is 11.8 Å². The molecule has 3 amide bonds. The maximum Gasteiger partial charge on any atom is 0.326 e. The van der Waals surface area contributed by atoms with Gasteiger partial charge in [-0.25, -0.2) is 14.8 Å². The van der Waals surface area contributed by atoms with Crippen LogP contribution >= 0.6 is 15.9 Å². The van der Waals surface area contributed by atoms with E-state index in [0.29, 0.717) is 15.9 Å². The second-order valence-corrected chi connectivity index (χ2v) is 6.41. The first-order valence-electron chi connectivity index (χ1n) is 8.03. The van der Waals surface area contributed by atoms with Crippen molar-refractivity contribution in [2.75, 3.05) is 5.32 Å². The number of nitrogens with one attached hydrogen (secondary N) is 2. The third-order valence-corrected chi connectivity index (χ3v) is 3.90. The minimum absolute atomic E-state index is 0.154. The van der Waals surface area contributed by atoms with Crippen LogP contribution in [0, 0.1) is 10.1 Å². The minimum Gasteiger partial charge on any atom is -0.424 e. The second kappa shape index (κ2) is 8.89. The van der Waals surface area contributed by atoms with Crippen LogP contribution in [-0.2, 0) is 0 Å². The average Bonchev–Trinajstić information content (AvgIpc) is 2.71. The number of aromatic nitrogens is 2. The van der Waals surface area contributed by atoms with Crippen LogP contribution in [0.2, 0.25) is 0 Å². The topological polar surface area (TPSA) is 136 Å². The first-order valence-corrected chi connectivity index (χ1v) is 8.83. The quantitative estimate of drug-likeness (QED) is 0.437. The SMILES string of the molecule is O=C(NC(=O)c1ccccc1[N+](=O)[O-])Nc1ccc(Oc2ncc(Br)cn2)cc1. The molecule has 3 rings (SSSR count). The Morgan fingerprint density at radius 1 is 1.03 bits per heavy atom. The van der Waals surface area contributed by atoms with Crippen LogP contribution in [0.5, 0.6) is 11.8 Å². The van der Waals surface area contributed by atoms with Gasteiger partial charge < -0.3 is 10.1 Å². The van der Waals surface area contributed by atoms with Crippen LogP contribution in [0.15, 0.2) is 65.4 Å². The van der Waals surface area contributed by atoms with Crippen molar-refractivity contribution in [3.63, 3.8) is 0 Å². The zero-order valence-corrected chi connectivity index (χ0v) is 16.1. The van der Waals surface area contributed by atoms with Gasteiger partial charge in [0.2, 0.25) is 0 Å². The molecule has 0 aliphatic heterocycles. The van der Waals surface area contributed by atoms with Crippen molar-refractivity contribution in [3.05, 3.63) is 81.1 Å². The van der Waals surface area contributed by atoms with Crippen LogP contribution < -0.4 is 15.4 Å². The van der Waals surface area contributed by atoms with E-state index in [2.05, 4.69) is 36.5 Å². The van der Waals surface area contributed by atoms with Crippen LogP contribution in [0.1, 0.15) is 10.4 Å². The molecule has 0 aliphatic rings. The molecule has 10 nitrogen and oxygen atoms in total. The Balaban J connectivity index is 1.60. The molecule has 0 bridgehead atoms. The number of imide groups is 1. The monoisotopic (exact) mass is 457 g/mol. The average molecular weight is 458 g/mol. The highest BCUT2D eigenvalue weighted by Gasteiger charge is 2.20. The molecule has 2 aromatic carbocycles. The lowest BCUT2D eigenvalue weighted by atomic mass is 10.1. The Morgan fingerprint density at radius 2 is 1.69 bits per heavy atom. The molecule has 11 heteroatoms. The molecule has 0 saturated heterocycles. The summed E-state index contributed by atoms with van der Waals surface area (Å²) in [6.07, 6.45) is 3.08. The number of nitro groups is 1. The molecule has 0 saturated carbocycles. The summed E-state index contributed by atoms with van der Waals surface area (Å²) in [5.74, 6) is -0.448. The Labute approximate surface area is 172 Å². The predicted molar refractivity (Wildman–Crippen MR) is 106 cm³/mol. The standard InChI is InChI=1S/C18H12BrN5O5/c19-11-9-20-18(21-10-11)29-13-7-5-12(6-8-13)22-17(26)23-16(25)14-3-1-2-4-15(14)24(27)28/h1-10H,(H2,22,23,25,26). The number of rotatable bonds is 5. The van der Waals surface area contributed by atoms with Crippen molar-refractivity contribution in [1.29, 1.82) is 0 Å². The Morgan fingerprint density at radius 3 is 2.34 bits per heavy atom. The van der Waals surface area contributed by atoms with Gasteiger partial charge in [0.15, 0.2) is 0 Å². The van der Waals surface area contributed by atoms with Crippen molar-refractivity contribution in [1.82, 2.24) is 15.3 Å². The first kappa shape index (κ1) is 19.9. The van der Waals surface area contributed by atoms with Gasteiger partial charge in [0.1, 0.15) is 11.3 Å². The number of hydrogen-bond acceptors (Lipinski definition) is 7. The fourth-order valence-electron chi connectivity index (χ4n) is 2.22. The van der Waals surface area contributed by atoms with E-state index in [1.165, 1.54) is 36.7 Å². The summed E-state index contributed by atoms with van der Waals surface area (Å²) in [4.78, 5) is 42.4. The Hall–Kier alpha value is -3.86. The van der Waals surface area contributed by atoms with E-state index in [9.17, 15) is 19.7 Å². The van der Waals surface area contributed by atoms with Gasteiger partial charge in [0.25, 0.3) is 11.6 Å². The summed E-state index contributed by atoms with van der Waals surface area (Å²) in [5, 5.41) is 15.5. The van der Waals surface area contributed by atoms with Crippen LogP contribution in [0.4, 0.5) is 16.2 Å². The minimum atomic E-state index is -0.887. The summed E-state index contributed by atoms with van der Waals surface area (Å²) < 4.78 is 6.18. The summed E-state index contributed by atoms with van der Waals surface area (Å²) in [6.45, 7) is 0. The van der Waals surface area contributed by atoms with Crippen molar-refractivity contribution >= 4 is 39.2 Å². The van der Waals surface area contributed by atoms with E-state index in [-0.39, 0.29) is 11.6 Å². The molecular formula is C18H12BrN5O5. The highest BCUT2D eigenvalue weighted by molar-refractivity contribution is 9.10. The van der Waals surface area contributed by atoms with E-state index in [1.807, 2.05) is 0 Å². The number of carbonyl (C=O) groups excluding carboxylic acids is 2. The van der Waals surface area contributed by atoms with Gasteiger partial charge in [0, 0.05) is 24.1 Å². The van der Waals surface area contributed by atoms with Crippen molar-refractivity contribution in [2.45, 2.75) is 0 Å². The summed E-state index contributed by atoms with van der Waals surface area (Å²) in [7, 11) is 0. The number of carbonyl (C=O) groups is 2. The van der Waals surface area contributed by atoms with Gasteiger partial charge in [-0.05, 0) is 46.3 Å². The van der Waals surface area contributed by atoms with E-state index in [4.69, 9.17) is 4.74 Å². The van der Waals surface area contributed by atoms with Crippen LogP contribution in [0.25, 0.3) is 0 Å². The largest absolute Gasteiger partial charge is 0.424 e. The lowest BCUT2D eigenvalue weighted by Crippen LogP contribution is -2.34. The molecule has 1 heterocycles. The zero-order chi connectivity index (χ0) is 20.8. The number of nitro benzene ring substituents is 1. The van der Waals surface area contributed by atoms with Crippen LogP contribution in [0.3, 0.4) is 0 Å². The molecule has 0 radical (unpaired) electrons. The highest BCUT2D eigenvalue weighted by Crippen LogP contribution is 2.21. The van der Waals surface area contributed by atoms with Gasteiger partial charge >= 0.3 is 12.0 Å². The molecule has 3 aromatic rings. The van der Waals surface area contributed by atoms with E-state index in [1.54, 1.807) is 24.3 Å². The molecule has 0 atom stereocenters. The summed E-state index contributed by atoms with van der Waals surface area (Å²) in [6, 6.07) is 10.9. The lowest BCUT2D eigenvalue weighted by molar-refractivity contribution is -0.385. The third-order valence-electron chi connectivity index (χ3n) is 3.49. The maximum absolute atomic E-state index is 12.1. The number of hydrogen-bond donors (Lipinski definition) is 2. The number of para-hydroxylation sites is 1. The van der Waals surface area contributed by atoms with Gasteiger partial charge in [-0.15, -0.1) is 0 Å². The number of halogens is 1. The smallest absolute Gasteiger partial charge is 0.326 e. The molecular weight excluding hydrogens is 446 g/mol. The Bertz CT molecular complexity index is 1060. The summed E-state index contributed by atoms with van der Waals surface area (Å²) in [5.41, 5.74) is -0.234. The number of benzene rings is 2. The molecule has 29 heavy (non-hydrogen) atoms. The molecule has 0 unspecified atom stereocenters. The molecule has 0 spiro atoms. The predicted octanol–water partition coefficient (Wildman–Crippen LogP) is 3.90. The molecule has 0 aliphatic carbocycles. The molecule has 1 aromatic heterocycles. The fourth-order valence-corrected chi connectivity index (χ4v) is 2.43. The van der Waals surface area contributed by atoms with Gasteiger partial charge in [0.05, 0.1) is 9.40 Å². The van der Waals surface area contributed by atoms with Gasteiger partial charge in [-0.2, -0.15) is 0 Å². The number of urea groups is 1. The number of nitrogens with zero attached hydrogens (tertiary/aromatic N) is 3. The second-order valence-electron chi connectivity index (χ2n) is 5.49. The molecule has 2 N–H and O–H groups in total. The fraction of sp³-hybridized carbons (Fsp3) is 0. The maximum atomic E-state index is 12.1. The van der Waals surface area contributed by atoms with E-state index >= 15 is 0 Å². The normalized spacial score (nSPS) is 10.1.